The lowest BCUT2D eigenvalue weighted by molar-refractivity contribution is 0.0690. The molecule has 1 aliphatic rings. The number of benzene rings is 3. The maximum absolute atomic E-state index is 13.6. The number of aromatic nitrogens is 1. The Balaban J connectivity index is 1.70. The van der Waals surface area contributed by atoms with Crippen LogP contribution in [0.2, 0.25) is 5.02 Å². The third-order valence-corrected chi connectivity index (χ3v) is 6.04. The van der Waals surface area contributed by atoms with Crippen LogP contribution >= 0.6 is 11.6 Å². The minimum Gasteiger partial charge on any atom is -0.496 e. The van der Waals surface area contributed by atoms with Crippen molar-refractivity contribution in [2.45, 2.75) is 12.5 Å². The molecule has 150 valence electrons. The Kier molecular flexibility index (Phi) is 4.72. The van der Waals surface area contributed by atoms with Crippen molar-refractivity contribution in [1.29, 1.82) is 0 Å². The maximum Gasteiger partial charge on any atom is 0.254 e. The number of nitrogens with one attached hydrogen (secondary N) is 1. The predicted molar refractivity (Wildman–Crippen MR) is 119 cm³/mol. The lowest BCUT2D eigenvalue weighted by Crippen LogP contribution is -2.40. The highest BCUT2D eigenvalue weighted by Gasteiger charge is 2.36. The van der Waals surface area contributed by atoms with Crippen molar-refractivity contribution in [1.82, 2.24) is 9.88 Å². The second-order valence-electron chi connectivity index (χ2n) is 7.47. The van der Waals surface area contributed by atoms with Crippen LogP contribution in [0.4, 0.5) is 0 Å². The highest BCUT2D eigenvalue weighted by molar-refractivity contribution is 6.31. The van der Waals surface area contributed by atoms with E-state index in [0.29, 0.717) is 17.1 Å². The van der Waals surface area contributed by atoms with Crippen LogP contribution in [0, 0.1) is 0 Å². The molecule has 1 aliphatic heterocycles. The van der Waals surface area contributed by atoms with Gasteiger partial charge in [-0.1, -0.05) is 54.1 Å². The molecule has 1 aromatic heterocycles. The van der Waals surface area contributed by atoms with Gasteiger partial charge < -0.3 is 14.6 Å². The summed E-state index contributed by atoms with van der Waals surface area (Å²) in [5, 5.41) is 1.76. The van der Waals surface area contributed by atoms with Crippen molar-refractivity contribution in [2.24, 2.45) is 0 Å². The molecule has 1 amide bonds. The van der Waals surface area contributed by atoms with E-state index in [2.05, 4.69) is 23.2 Å². The zero-order chi connectivity index (χ0) is 20.7. The molecule has 5 heteroatoms. The molecule has 2 heterocycles. The van der Waals surface area contributed by atoms with Gasteiger partial charge in [-0.2, -0.15) is 0 Å². The Labute approximate surface area is 180 Å². The Bertz CT molecular complexity index is 1250. The van der Waals surface area contributed by atoms with Gasteiger partial charge in [0.15, 0.2) is 0 Å². The van der Waals surface area contributed by atoms with Gasteiger partial charge in [0.2, 0.25) is 0 Å². The monoisotopic (exact) mass is 416 g/mol. The summed E-state index contributed by atoms with van der Waals surface area (Å²) in [4.78, 5) is 19.1. The smallest absolute Gasteiger partial charge is 0.254 e. The average molecular weight is 417 g/mol. The van der Waals surface area contributed by atoms with Crippen LogP contribution < -0.4 is 4.74 Å². The van der Waals surface area contributed by atoms with Gasteiger partial charge in [-0.3, -0.25) is 4.79 Å². The first-order chi connectivity index (χ1) is 14.7. The number of methoxy groups -OCH3 is 1. The van der Waals surface area contributed by atoms with Crippen molar-refractivity contribution in [3.8, 4) is 5.75 Å². The molecule has 0 saturated carbocycles. The molecular weight excluding hydrogens is 396 g/mol. The van der Waals surface area contributed by atoms with Crippen molar-refractivity contribution in [2.75, 3.05) is 13.7 Å². The zero-order valence-electron chi connectivity index (χ0n) is 16.6. The first-order valence-corrected chi connectivity index (χ1v) is 10.3. The van der Waals surface area contributed by atoms with E-state index in [1.54, 1.807) is 19.2 Å². The number of nitrogens with zero attached hydrogens (tertiary/aromatic N) is 1. The molecule has 0 spiro atoms. The second kappa shape index (κ2) is 7.54. The van der Waals surface area contributed by atoms with Crippen molar-refractivity contribution >= 4 is 28.4 Å². The maximum atomic E-state index is 13.6. The van der Waals surface area contributed by atoms with Crippen molar-refractivity contribution in [3.63, 3.8) is 0 Å². The molecule has 1 atom stereocenters. The van der Waals surface area contributed by atoms with E-state index in [4.69, 9.17) is 16.3 Å². The number of ether oxygens (including phenoxy) is 1. The predicted octanol–water partition coefficient (Wildman–Crippen LogP) is 5.62. The Morgan fingerprint density at radius 1 is 1.07 bits per heavy atom. The van der Waals surface area contributed by atoms with Crippen LogP contribution in [0.1, 0.15) is 33.2 Å². The van der Waals surface area contributed by atoms with Crippen molar-refractivity contribution in [3.05, 3.63) is 100 Å². The number of fused-ring (bicyclic) bond motifs is 3. The summed E-state index contributed by atoms with van der Waals surface area (Å²) in [6, 6.07) is 23.0. The quantitative estimate of drug-likeness (QED) is 0.471. The number of carbonyl (C=O) groups is 1. The van der Waals surface area contributed by atoms with Crippen LogP contribution in [0.15, 0.2) is 72.8 Å². The Morgan fingerprint density at radius 2 is 1.87 bits per heavy atom. The fourth-order valence-electron chi connectivity index (χ4n) is 4.46. The zero-order valence-corrected chi connectivity index (χ0v) is 17.3. The Hall–Kier alpha value is -3.24. The fraction of sp³-hybridized carbons (Fsp3) is 0.160. The number of carbonyl (C=O) groups excluding carboxylic acids is 1. The minimum atomic E-state index is -0.274. The van der Waals surface area contributed by atoms with E-state index in [1.165, 1.54) is 10.9 Å². The van der Waals surface area contributed by atoms with Gasteiger partial charge in [0.25, 0.3) is 5.91 Å². The van der Waals surface area contributed by atoms with Gasteiger partial charge in [0.05, 0.1) is 7.11 Å². The molecule has 0 aliphatic carbocycles. The topological polar surface area (TPSA) is 45.3 Å². The largest absolute Gasteiger partial charge is 0.496 e. The number of aromatic amines is 1. The van der Waals surface area contributed by atoms with E-state index in [0.717, 1.165) is 28.9 Å². The summed E-state index contributed by atoms with van der Waals surface area (Å²) in [5.41, 5.74) is 4.93. The summed E-state index contributed by atoms with van der Waals surface area (Å²) in [5.74, 6) is 0.718. The standard InChI is InChI=1S/C25H21ClN2O2/c1-30-22-12-5-3-10-20(22)24-23-19(18-9-2-4-11-21(18)27-23)13-14-28(24)25(29)16-7-6-8-17(26)15-16/h2-12,15,24,27H,13-14H2,1H3. The number of halogens is 1. The number of para-hydroxylation sites is 2. The van der Waals surface area contributed by atoms with E-state index >= 15 is 0 Å². The third kappa shape index (κ3) is 3.04. The molecule has 0 fully saturated rings. The molecule has 5 rings (SSSR count). The van der Waals surface area contributed by atoms with Gasteiger partial charge >= 0.3 is 0 Å². The molecule has 0 bridgehead atoms. The van der Waals surface area contributed by atoms with Gasteiger partial charge in [-0.15, -0.1) is 0 Å². The molecule has 0 radical (unpaired) electrons. The van der Waals surface area contributed by atoms with E-state index in [1.807, 2.05) is 47.4 Å². The first kappa shape index (κ1) is 18.8. The number of H-pyrrole nitrogens is 1. The van der Waals surface area contributed by atoms with E-state index in [9.17, 15) is 4.79 Å². The molecule has 30 heavy (non-hydrogen) atoms. The molecule has 4 nitrogen and oxygen atoms in total. The van der Waals surface area contributed by atoms with Crippen LogP contribution in [0.5, 0.6) is 5.75 Å². The van der Waals surface area contributed by atoms with Crippen molar-refractivity contribution < 1.29 is 9.53 Å². The fourth-order valence-corrected chi connectivity index (χ4v) is 4.65. The lowest BCUT2D eigenvalue weighted by Gasteiger charge is -2.37. The molecule has 1 N–H and O–H groups in total. The number of rotatable bonds is 3. The molecule has 0 saturated heterocycles. The summed E-state index contributed by atoms with van der Waals surface area (Å²) in [6.45, 7) is 0.614. The highest BCUT2D eigenvalue weighted by Crippen LogP contribution is 2.42. The summed E-state index contributed by atoms with van der Waals surface area (Å²) in [6.07, 6.45) is 0.789. The Morgan fingerprint density at radius 3 is 2.70 bits per heavy atom. The molecular formula is C25H21ClN2O2. The second-order valence-corrected chi connectivity index (χ2v) is 7.90. The highest BCUT2D eigenvalue weighted by atomic mass is 35.5. The normalized spacial score (nSPS) is 15.8. The van der Waals surface area contributed by atoms with Gasteiger partial charge in [0.1, 0.15) is 11.8 Å². The first-order valence-electron chi connectivity index (χ1n) is 9.96. The van der Waals surface area contributed by atoms with E-state index in [-0.39, 0.29) is 11.9 Å². The third-order valence-electron chi connectivity index (χ3n) is 5.80. The van der Waals surface area contributed by atoms with Crippen LogP contribution in [0.25, 0.3) is 10.9 Å². The van der Waals surface area contributed by atoms with Crippen LogP contribution in [-0.2, 0) is 6.42 Å². The minimum absolute atomic E-state index is 0.0438. The van der Waals surface area contributed by atoms with Crippen LogP contribution in [0.3, 0.4) is 0 Å². The number of hydrogen-bond donors (Lipinski definition) is 1. The molecule has 3 aromatic carbocycles. The van der Waals surface area contributed by atoms with Crippen LogP contribution in [-0.4, -0.2) is 29.4 Å². The average Bonchev–Trinajstić information content (AvgIpc) is 3.16. The lowest BCUT2D eigenvalue weighted by atomic mass is 9.91. The summed E-state index contributed by atoms with van der Waals surface area (Å²) < 4.78 is 5.67. The molecule has 4 aromatic rings. The number of amides is 1. The molecule has 1 unspecified atom stereocenters. The summed E-state index contributed by atoms with van der Waals surface area (Å²) in [7, 11) is 1.66. The van der Waals surface area contributed by atoms with Gasteiger partial charge in [0, 0.05) is 39.3 Å². The van der Waals surface area contributed by atoms with E-state index < -0.39 is 0 Å². The number of hydrogen-bond acceptors (Lipinski definition) is 2. The van der Waals surface area contributed by atoms with Gasteiger partial charge in [-0.25, -0.2) is 0 Å². The van der Waals surface area contributed by atoms with Gasteiger partial charge in [-0.05, 0) is 42.3 Å². The summed E-state index contributed by atoms with van der Waals surface area (Å²) >= 11 is 6.17. The SMILES string of the molecule is COc1ccccc1C1c2[nH]c3ccccc3c2CCN1C(=O)c1cccc(Cl)c1.